The fourth-order valence-electron chi connectivity index (χ4n) is 7.41. The number of anilines is 1. The fourth-order valence-corrected chi connectivity index (χ4v) is 8.98. The van der Waals surface area contributed by atoms with E-state index < -0.39 is 27.3 Å². The van der Waals surface area contributed by atoms with E-state index in [-0.39, 0.29) is 34.7 Å². The maximum Gasteiger partial charge on any atom is 0.264 e. The van der Waals surface area contributed by atoms with Crippen LogP contribution >= 0.6 is 11.6 Å². The van der Waals surface area contributed by atoms with Gasteiger partial charge in [-0.05, 0) is 104 Å². The number of allylic oxidation sites excluding steroid dienone is 1. The second-order valence-corrected chi connectivity index (χ2v) is 15.5. The molecule has 0 unspecified atom stereocenters. The van der Waals surface area contributed by atoms with E-state index in [1.54, 1.807) is 25.1 Å². The van der Waals surface area contributed by atoms with Crippen LogP contribution in [0.1, 0.15) is 67.9 Å². The van der Waals surface area contributed by atoms with Crippen LogP contribution in [0.3, 0.4) is 0 Å². The number of rotatable bonds is 0. The van der Waals surface area contributed by atoms with Gasteiger partial charge < -0.3 is 14.7 Å². The van der Waals surface area contributed by atoms with Gasteiger partial charge in [0.05, 0.1) is 23.6 Å². The summed E-state index contributed by atoms with van der Waals surface area (Å²) in [6.07, 6.45) is 8.11. The Balaban J connectivity index is 1.43. The van der Waals surface area contributed by atoms with E-state index in [9.17, 15) is 18.3 Å². The van der Waals surface area contributed by atoms with E-state index >= 15 is 0 Å². The largest absolute Gasteiger partial charge is 0.490 e. The first-order valence-corrected chi connectivity index (χ1v) is 17.1. The van der Waals surface area contributed by atoms with Gasteiger partial charge in [-0.25, -0.2) is 13.1 Å². The van der Waals surface area contributed by atoms with Gasteiger partial charge >= 0.3 is 0 Å². The first-order valence-electron chi connectivity index (χ1n) is 15.2. The third-order valence-corrected chi connectivity index (χ3v) is 12.7. The Morgan fingerprint density at radius 3 is 2.67 bits per heavy atom. The molecule has 2 heterocycles. The van der Waals surface area contributed by atoms with E-state index in [2.05, 4.69) is 21.8 Å². The minimum atomic E-state index is -3.94. The molecule has 2 aliphatic heterocycles. The van der Waals surface area contributed by atoms with Crippen molar-refractivity contribution in [2.45, 2.75) is 69.6 Å². The molecule has 1 spiro atoms. The number of aliphatic hydroxyl groups is 1. The molecular weight excluding hydrogens is 572 g/mol. The van der Waals surface area contributed by atoms with Gasteiger partial charge in [0, 0.05) is 29.1 Å². The predicted molar refractivity (Wildman–Crippen MR) is 166 cm³/mol. The number of sulfonamides is 1. The maximum absolute atomic E-state index is 13.4. The Morgan fingerprint density at radius 1 is 1.10 bits per heavy atom. The molecule has 0 saturated heterocycles. The Morgan fingerprint density at radius 2 is 1.90 bits per heavy atom. The summed E-state index contributed by atoms with van der Waals surface area (Å²) in [5, 5.41) is 11.1. The van der Waals surface area contributed by atoms with Gasteiger partial charge in [0.15, 0.2) is 0 Å². The smallest absolute Gasteiger partial charge is 0.264 e. The molecule has 42 heavy (non-hydrogen) atoms. The van der Waals surface area contributed by atoms with Crippen molar-refractivity contribution in [3.05, 3.63) is 70.3 Å². The highest BCUT2D eigenvalue weighted by molar-refractivity contribution is 7.90. The van der Waals surface area contributed by atoms with E-state index in [0.717, 1.165) is 42.8 Å². The first-order chi connectivity index (χ1) is 20.0. The Labute approximate surface area is 254 Å². The Kier molecular flexibility index (Phi) is 7.86. The molecule has 2 aliphatic carbocycles. The summed E-state index contributed by atoms with van der Waals surface area (Å²) < 4.78 is 35.4. The fraction of sp³-hybridized carbons (Fsp3) is 0.545. The molecule has 7 nitrogen and oxygen atoms in total. The van der Waals surface area contributed by atoms with Crippen molar-refractivity contribution in [3.8, 4) is 5.75 Å². The Hall–Kier alpha value is -2.55. The molecular formula is C33H41ClN2O5S. The minimum absolute atomic E-state index is 0.0962. The zero-order valence-corrected chi connectivity index (χ0v) is 26.1. The van der Waals surface area contributed by atoms with E-state index in [0.29, 0.717) is 25.4 Å². The second kappa shape index (κ2) is 11.2. The van der Waals surface area contributed by atoms with Gasteiger partial charge in [-0.3, -0.25) is 4.79 Å². The van der Waals surface area contributed by atoms with Crippen molar-refractivity contribution >= 4 is 33.2 Å². The summed E-state index contributed by atoms with van der Waals surface area (Å²) in [6, 6.07) is 11.4. The molecule has 0 aromatic heterocycles. The molecule has 1 fully saturated rings. The molecule has 4 aliphatic rings. The quantitative estimate of drug-likeness (QED) is 0.382. The number of fused-ring (bicyclic) bond motifs is 4. The second-order valence-electron chi connectivity index (χ2n) is 13.1. The lowest BCUT2D eigenvalue weighted by molar-refractivity contribution is 0.0454. The van der Waals surface area contributed by atoms with Crippen LogP contribution < -0.4 is 14.4 Å². The van der Waals surface area contributed by atoms with Crippen molar-refractivity contribution in [1.82, 2.24) is 4.72 Å². The van der Waals surface area contributed by atoms with Crippen LogP contribution in [0.25, 0.3) is 0 Å². The number of amides is 1. The maximum atomic E-state index is 13.4. The van der Waals surface area contributed by atoms with Gasteiger partial charge in [-0.2, -0.15) is 0 Å². The molecule has 226 valence electrons. The number of aliphatic hydroxyl groups excluding tert-OH is 1. The van der Waals surface area contributed by atoms with Crippen LogP contribution in [-0.2, 0) is 21.9 Å². The van der Waals surface area contributed by atoms with Crippen molar-refractivity contribution < 1.29 is 23.1 Å². The normalized spacial score (nSPS) is 35.1. The van der Waals surface area contributed by atoms with Gasteiger partial charge in [0.25, 0.3) is 5.91 Å². The lowest BCUT2D eigenvalue weighted by Crippen LogP contribution is -2.49. The zero-order valence-electron chi connectivity index (χ0n) is 24.6. The number of benzene rings is 2. The summed E-state index contributed by atoms with van der Waals surface area (Å²) in [4.78, 5) is 15.7. The lowest BCUT2D eigenvalue weighted by Gasteiger charge is -2.45. The van der Waals surface area contributed by atoms with E-state index in [4.69, 9.17) is 16.3 Å². The van der Waals surface area contributed by atoms with Gasteiger partial charge in [-0.1, -0.05) is 43.7 Å². The van der Waals surface area contributed by atoms with Crippen molar-refractivity contribution in [3.63, 3.8) is 0 Å². The highest BCUT2D eigenvalue weighted by Gasteiger charge is 2.44. The molecule has 1 amide bonds. The molecule has 7 atom stereocenters. The number of nitrogens with zero attached hydrogens (tertiary/aromatic N) is 1. The minimum Gasteiger partial charge on any atom is -0.490 e. The number of carbonyl (C=O) groups is 1. The number of ether oxygens (including phenoxy) is 1. The van der Waals surface area contributed by atoms with Crippen molar-refractivity contribution in [1.29, 1.82) is 0 Å². The molecule has 1 saturated carbocycles. The SMILES string of the molecule is C[C@@H]1[C@H](C)/C=C/[C@H](O)[C@@H]2CC[C@H]2CN2C[C@@]3(CCCc4cc(Cl)ccc43)COc3ccc(cc32)C(=O)NS(=O)(=O)[C@H]1C. The van der Waals surface area contributed by atoms with E-state index in [1.165, 1.54) is 11.1 Å². The molecule has 2 bridgehead atoms. The summed E-state index contributed by atoms with van der Waals surface area (Å²) in [7, 11) is -3.94. The third-order valence-electron chi connectivity index (χ3n) is 10.6. The molecule has 2 N–H and O–H groups in total. The average molecular weight is 613 g/mol. The first kappa shape index (κ1) is 29.5. The standard InChI is InChI=1S/C33H41ClN2O5S/c1-20-6-12-30(37)27-10-7-25(27)17-36-18-33(14-4-5-23-15-26(34)9-11-28(23)33)19-41-31-13-8-24(16-29(31)36)32(38)35-42(39,40)22(3)21(20)2/h6,8-9,11-13,15-16,20-22,25,27,30,37H,4-5,7,10,14,17-19H2,1-3H3,(H,35,38)/b12-6+/t20-,21-,22+,25+,27-,30+,33+/m1/s1. The van der Waals surface area contributed by atoms with Crippen LogP contribution in [0.4, 0.5) is 5.69 Å². The number of aryl methyl sites for hydroxylation is 1. The topological polar surface area (TPSA) is 95.9 Å². The third kappa shape index (κ3) is 5.35. The summed E-state index contributed by atoms with van der Waals surface area (Å²) in [6.45, 7) is 7.36. The van der Waals surface area contributed by atoms with Gasteiger partial charge in [0.1, 0.15) is 5.75 Å². The van der Waals surface area contributed by atoms with Gasteiger partial charge in [-0.15, -0.1) is 0 Å². The highest BCUT2D eigenvalue weighted by Crippen LogP contribution is 2.46. The molecule has 2 aromatic rings. The summed E-state index contributed by atoms with van der Waals surface area (Å²) in [5.41, 5.74) is 3.32. The van der Waals surface area contributed by atoms with Crippen LogP contribution in [-0.4, -0.2) is 50.5 Å². The number of nitrogens with one attached hydrogen (secondary N) is 1. The Bertz CT molecular complexity index is 1510. The highest BCUT2D eigenvalue weighted by atomic mass is 35.5. The number of hydrogen-bond donors (Lipinski definition) is 2. The monoisotopic (exact) mass is 612 g/mol. The number of hydrogen-bond acceptors (Lipinski definition) is 6. The summed E-state index contributed by atoms with van der Waals surface area (Å²) >= 11 is 6.39. The van der Waals surface area contributed by atoms with Crippen LogP contribution in [0.5, 0.6) is 5.75 Å². The van der Waals surface area contributed by atoms with Crippen molar-refractivity contribution in [2.75, 3.05) is 24.6 Å². The molecule has 9 heteroatoms. The van der Waals surface area contributed by atoms with Crippen LogP contribution in [0.15, 0.2) is 48.6 Å². The van der Waals surface area contributed by atoms with Crippen LogP contribution in [0.2, 0.25) is 5.02 Å². The molecule has 2 aromatic carbocycles. The predicted octanol–water partition coefficient (Wildman–Crippen LogP) is 5.49. The van der Waals surface area contributed by atoms with E-state index in [1.807, 2.05) is 32.1 Å². The average Bonchev–Trinajstić information content (AvgIpc) is 3.09. The molecule has 0 radical (unpaired) electrons. The summed E-state index contributed by atoms with van der Waals surface area (Å²) in [5.74, 6) is 0.0790. The number of carbonyl (C=O) groups excluding carboxylic acids is 1. The molecule has 6 rings (SSSR count). The van der Waals surface area contributed by atoms with Crippen LogP contribution in [0, 0.1) is 23.7 Å². The van der Waals surface area contributed by atoms with Crippen molar-refractivity contribution in [2.24, 2.45) is 23.7 Å². The number of halogens is 1. The zero-order chi connectivity index (χ0) is 29.8. The lowest BCUT2D eigenvalue weighted by atomic mass is 9.68. The van der Waals surface area contributed by atoms with Gasteiger partial charge in [0.2, 0.25) is 10.0 Å².